The van der Waals surface area contributed by atoms with Gasteiger partial charge in [-0.15, -0.1) is 0 Å². The van der Waals surface area contributed by atoms with Gasteiger partial charge in [-0.2, -0.15) is 0 Å². The zero-order chi connectivity index (χ0) is 42.8. The summed E-state index contributed by atoms with van der Waals surface area (Å²) in [6, 6.07) is 16.2. The highest BCUT2D eigenvalue weighted by atomic mass is 19.3. The lowest BCUT2D eigenvalue weighted by Crippen LogP contribution is -2.58. The summed E-state index contributed by atoms with van der Waals surface area (Å²) in [5, 5.41) is 6.12. The molecule has 3 aliphatic heterocycles. The van der Waals surface area contributed by atoms with Gasteiger partial charge in [-0.25, -0.2) is 22.5 Å². The lowest BCUT2D eigenvalue weighted by Gasteiger charge is -2.39. The lowest BCUT2D eigenvalue weighted by molar-refractivity contribution is -0.190. The first-order chi connectivity index (χ1) is 27.5. The number of nitrogens with one attached hydrogen (secondary N) is 3. The van der Waals surface area contributed by atoms with E-state index in [0.717, 1.165) is 34.5 Å². The number of aliphatic imine (C=N–C) groups is 1. The zero-order valence-corrected chi connectivity index (χ0v) is 35.3. The fraction of sp³-hybridized carbons (Fsp3) is 0.565. The van der Waals surface area contributed by atoms with Crippen LogP contribution >= 0.6 is 0 Å². The van der Waals surface area contributed by atoms with Crippen LogP contribution < -0.4 is 10.6 Å². The minimum absolute atomic E-state index is 0.0549. The Bertz CT molecular complexity index is 2090. The van der Waals surface area contributed by atoms with Crippen molar-refractivity contribution < 1.29 is 36.6 Å². The van der Waals surface area contributed by atoms with Crippen LogP contribution in [0.2, 0.25) is 0 Å². The third kappa shape index (κ3) is 9.36. The van der Waals surface area contributed by atoms with Gasteiger partial charge >= 0.3 is 0 Å². The summed E-state index contributed by atoms with van der Waals surface area (Å²) in [6.07, 6.45) is 4.30. The Labute approximate surface area is 344 Å². The molecule has 1 aliphatic carbocycles. The minimum atomic E-state index is -2.93. The molecule has 2 saturated heterocycles. The van der Waals surface area contributed by atoms with E-state index in [1.54, 1.807) is 20.0 Å². The molecule has 4 aliphatic rings. The van der Waals surface area contributed by atoms with E-state index in [1.165, 1.54) is 11.1 Å². The Morgan fingerprint density at radius 3 is 1.66 bits per heavy atom. The average molecular weight is 820 g/mol. The van der Waals surface area contributed by atoms with Gasteiger partial charge in [-0.3, -0.25) is 14.6 Å². The third-order valence-corrected chi connectivity index (χ3v) is 12.5. The van der Waals surface area contributed by atoms with E-state index in [0.29, 0.717) is 24.1 Å². The van der Waals surface area contributed by atoms with E-state index in [4.69, 9.17) is 14.5 Å². The van der Waals surface area contributed by atoms with Crippen LogP contribution in [-0.4, -0.2) is 69.8 Å². The molecular weight excluding hydrogens is 763 g/mol. The molecule has 0 unspecified atom stereocenters. The van der Waals surface area contributed by atoms with Crippen molar-refractivity contribution in [2.24, 2.45) is 15.8 Å². The molecule has 3 aromatic rings. The summed E-state index contributed by atoms with van der Waals surface area (Å²) in [7, 11) is 0. The van der Waals surface area contributed by atoms with Crippen LogP contribution in [0.5, 0.6) is 0 Å². The number of allylic oxidation sites excluding steroid dienone is 1. The van der Waals surface area contributed by atoms with Crippen molar-refractivity contribution >= 4 is 23.1 Å². The van der Waals surface area contributed by atoms with Crippen LogP contribution in [0, 0.1) is 10.8 Å². The molecule has 3 N–H and O–H groups in total. The highest BCUT2D eigenvalue weighted by Crippen LogP contribution is 2.55. The summed E-state index contributed by atoms with van der Waals surface area (Å²) in [5.74, 6) is -5.31. The number of H-pyrrole nitrogens is 1. The van der Waals surface area contributed by atoms with Crippen molar-refractivity contribution in [3.63, 3.8) is 0 Å². The van der Waals surface area contributed by atoms with E-state index >= 15 is 0 Å². The fourth-order valence-electron chi connectivity index (χ4n) is 8.30. The summed E-state index contributed by atoms with van der Waals surface area (Å²) < 4.78 is 65.9. The first-order valence-electron chi connectivity index (χ1n) is 20.6. The van der Waals surface area contributed by atoms with E-state index in [-0.39, 0.29) is 24.7 Å². The van der Waals surface area contributed by atoms with Crippen LogP contribution in [0.4, 0.5) is 17.6 Å². The van der Waals surface area contributed by atoms with Crippen LogP contribution in [0.25, 0.3) is 16.8 Å². The number of ether oxygens (including phenoxy) is 2. The quantitative estimate of drug-likeness (QED) is 0.176. The molecule has 59 heavy (non-hydrogen) atoms. The van der Waals surface area contributed by atoms with Crippen molar-refractivity contribution in [3.8, 4) is 11.3 Å². The number of benzene rings is 2. The Morgan fingerprint density at radius 1 is 0.729 bits per heavy atom. The van der Waals surface area contributed by atoms with Gasteiger partial charge in [0.05, 0.1) is 24.0 Å². The number of aromatic nitrogens is 2. The second-order valence-electron chi connectivity index (χ2n) is 19.6. The molecule has 7 rings (SSSR count). The standard InChI is InChI=1S/C46H57F4N5O4/c1-41(2,3)36(54-39(56)43(7)17-19-45(47,48)25-58-43)34-21-31(23-51-34)27-9-11-28(12-10-27)32-22-33(32)29-13-15-30(16-14-29)35-24-52-38(53-35)37(42(4,5)6)55-40(57)44(8)18-20-46(49,50)26-59-44/h9-16,23-24,32-33,36-37H,17-22,25-26H2,1-8H3,(H,52,53)(H,54,56)(H,55,57)/t32-,33-,36-,37-,43-,44-/m1/s1. The predicted molar refractivity (Wildman–Crippen MR) is 219 cm³/mol. The summed E-state index contributed by atoms with van der Waals surface area (Å²) in [5.41, 5.74) is 3.75. The van der Waals surface area contributed by atoms with E-state index in [1.807, 2.05) is 47.7 Å². The van der Waals surface area contributed by atoms with Gasteiger partial charge in [-0.1, -0.05) is 90.1 Å². The topological polar surface area (TPSA) is 118 Å². The Morgan fingerprint density at radius 2 is 1.20 bits per heavy atom. The summed E-state index contributed by atoms with van der Waals surface area (Å²) in [6.45, 7) is 13.6. The largest absolute Gasteiger partial charge is 0.359 e. The van der Waals surface area contributed by atoms with Gasteiger partial charge in [0.2, 0.25) is 0 Å². The summed E-state index contributed by atoms with van der Waals surface area (Å²) in [4.78, 5) is 39.5. The van der Waals surface area contributed by atoms with Gasteiger partial charge in [0.1, 0.15) is 30.2 Å². The number of hydrogen-bond donors (Lipinski definition) is 3. The molecule has 13 heteroatoms. The number of nitrogens with zero attached hydrogens (tertiary/aromatic N) is 2. The zero-order valence-electron chi connectivity index (χ0n) is 35.3. The van der Waals surface area contributed by atoms with E-state index in [9.17, 15) is 27.2 Å². The first-order valence-corrected chi connectivity index (χ1v) is 20.6. The number of aromatic amines is 1. The first kappa shape index (κ1) is 42.8. The van der Waals surface area contributed by atoms with Crippen molar-refractivity contribution in [1.82, 2.24) is 20.6 Å². The molecule has 2 amide bonds. The summed E-state index contributed by atoms with van der Waals surface area (Å²) >= 11 is 0. The lowest BCUT2D eigenvalue weighted by atomic mass is 9.81. The molecule has 1 aromatic heterocycles. The maximum absolute atomic E-state index is 13.8. The number of rotatable bonds is 10. The number of imidazole rings is 1. The normalized spacial score (nSPS) is 27.6. The molecular formula is C46H57F4N5O4. The molecule has 4 heterocycles. The van der Waals surface area contributed by atoms with Crippen molar-refractivity contribution in [2.75, 3.05) is 13.2 Å². The SMILES string of the molecule is CC(C)(C)[C@H](NC(=O)[C@@]1(C)CCC(F)(F)CO1)C1=NC=C(c2ccc([C@H]3C[C@@H]3c3ccc(-c4cnc([C@@H](NC(=O)[C@@]5(C)CCC(F)(F)CO5)C(C)(C)C)[nH]4)cc3)cc2)C1. The van der Waals surface area contributed by atoms with Gasteiger partial charge in [0.25, 0.3) is 23.7 Å². The Balaban J connectivity index is 0.945. The Kier molecular flexibility index (Phi) is 11.1. The minimum Gasteiger partial charge on any atom is -0.359 e. The molecule has 6 atom stereocenters. The van der Waals surface area contributed by atoms with Gasteiger partial charge < -0.3 is 25.1 Å². The monoisotopic (exact) mass is 819 g/mol. The van der Waals surface area contributed by atoms with E-state index in [2.05, 4.69) is 69.1 Å². The third-order valence-electron chi connectivity index (χ3n) is 12.5. The van der Waals surface area contributed by atoms with Gasteiger partial charge in [-0.05, 0) is 83.6 Å². The van der Waals surface area contributed by atoms with Crippen molar-refractivity contribution in [1.29, 1.82) is 0 Å². The maximum atomic E-state index is 13.8. The second kappa shape index (κ2) is 15.3. The number of halogens is 4. The molecule has 1 saturated carbocycles. The van der Waals surface area contributed by atoms with Crippen LogP contribution in [0.1, 0.15) is 134 Å². The molecule has 318 valence electrons. The van der Waals surface area contributed by atoms with Crippen molar-refractivity contribution in [3.05, 3.63) is 83.4 Å². The molecule has 0 spiro atoms. The average Bonchev–Trinajstić information content (AvgIpc) is 3.56. The number of hydrogen-bond acceptors (Lipinski definition) is 6. The number of amides is 2. The number of alkyl halides is 4. The van der Waals surface area contributed by atoms with Crippen LogP contribution in [0.15, 0.2) is 65.9 Å². The van der Waals surface area contributed by atoms with E-state index < -0.39 is 72.0 Å². The predicted octanol–water partition coefficient (Wildman–Crippen LogP) is 9.68. The van der Waals surface area contributed by atoms with Crippen LogP contribution in [-0.2, 0) is 19.1 Å². The van der Waals surface area contributed by atoms with Gasteiger partial charge in [0.15, 0.2) is 0 Å². The van der Waals surface area contributed by atoms with Gasteiger partial charge in [0, 0.05) is 31.2 Å². The molecule has 3 fully saturated rings. The maximum Gasteiger partial charge on any atom is 0.271 e. The molecule has 2 aromatic carbocycles. The second-order valence-corrected chi connectivity index (χ2v) is 19.6. The molecule has 9 nitrogen and oxygen atoms in total. The molecule has 0 bridgehead atoms. The number of carbonyl (C=O) groups is 2. The highest BCUT2D eigenvalue weighted by Gasteiger charge is 2.49. The highest BCUT2D eigenvalue weighted by molar-refractivity contribution is 6.04. The number of carbonyl (C=O) groups excluding carboxylic acids is 2. The smallest absolute Gasteiger partial charge is 0.271 e. The fourth-order valence-corrected chi connectivity index (χ4v) is 8.30. The van der Waals surface area contributed by atoms with Crippen LogP contribution in [0.3, 0.4) is 0 Å². The molecule has 0 radical (unpaired) electrons. The Hall–Kier alpha value is -4.36. The van der Waals surface area contributed by atoms with Crippen molar-refractivity contribution in [2.45, 2.75) is 141 Å².